The first kappa shape index (κ1) is 16.1. The molecule has 0 spiro atoms. The molecule has 0 bridgehead atoms. The number of halogens is 1. The molecule has 1 atom stereocenters. The SMILES string of the molecule is CCNC1CC(C)(C)CCc2c(F)cc(OC)c(OC)c21. The van der Waals surface area contributed by atoms with Crippen LogP contribution in [0, 0.1) is 11.2 Å². The summed E-state index contributed by atoms with van der Waals surface area (Å²) < 4.78 is 25.4. The Balaban J connectivity index is 2.63. The molecule has 0 fully saturated rings. The summed E-state index contributed by atoms with van der Waals surface area (Å²) in [4.78, 5) is 0. The van der Waals surface area contributed by atoms with Crippen molar-refractivity contribution >= 4 is 0 Å². The van der Waals surface area contributed by atoms with Crippen molar-refractivity contribution in [2.24, 2.45) is 5.41 Å². The van der Waals surface area contributed by atoms with E-state index in [2.05, 4.69) is 26.1 Å². The van der Waals surface area contributed by atoms with Crippen molar-refractivity contribution in [3.05, 3.63) is 23.0 Å². The number of nitrogens with one attached hydrogen (secondary N) is 1. The van der Waals surface area contributed by atoms with Gasteiger partial charge in [-0.05, 0) is 36.8 Å². The minimum atomic E-state index is -0.191. The lowest BCUT2D eigenvalue weighted by Gasteiger charge is -2.28. The molecule has 2 rings (SSSR count). The first-order chi connectivity index (χ1) is 9.93. The second kappa shape index (κ2) is 6.22. The molecule has 0 radical (unpaired) electrons. The molecule has 118 valence electrons. The van der Waals surface area contributed by atoms with E-state index < -0.39 is 0 Å². The molecule has 3 nitrogen and oxygen atoms in total. The third-order valence-electron chi connectivity index (χ3n) is 4.37. The van der Waals surface area contributed by atoms with Gasteiger partial charge in [0, 0.05) is 17.7 Å². The van der Waals surface area contributed by atoms with Crippen molar-refractivity contribution in [1.29, 1.82) is 0 Å². The van der Waals surface area contributed by atoms with Crippen molar-refractivity contribution < 1.29 is 13.9 Å². The maximum Gasteiger partial charge on any atom is 0.165 e. The smallest absolute Gasteiger partial charge is 0.165 e. The highest BCUT2D eigenvalue weighted by Crippen LogP contribution is 2.46. The molecular formula is C17H26FNO2. The Morgan fingerprint density at radius 2 is 2.05 bits per heavy atom. The van der Waals surface area contributed by atoms with Gasteiger partial charge in [0.15, 0.2) is 11.5 Å². The van der Waals surface area contributed by atoms with Gasteiger partial charge in [-0.1, -0.05) is 20.8 Å². The molecule has 1 aliphatic carbocycles. The van der Waals surface area contributed by atoms with E-state index in [0.717, 1.165) is 36.9 Å². The normalized spacial score (nSPS) is 20.6. The van der Waals surface area contributed by atoms with E-state index in [0.29, 0.717) is 11.5 Å². The van der Waals surface area contributed by atoms with E-state index in [1.165, 1.54) is 6.07 Å². The summed E-state index contributed by atoms with van der Waals surface area (Å²) in [5.74, 6) is 0.942. The molecular weight excluding hydrogens is 269 g/mol. The van der Waals surface area contributed by atoms with Crippen LogP contribution in [0.15, 0.2) is 6.07 Å². The highest BCUT2D eigenvalue weighted by molar-refractivity contribution is 5.53. The van der Waals surface area contributed by atoms with Crippen molar-refractivity contribution in [2.45, 2.75) is 46.1 Å². The zero-order valence-corrected chi connectivity index (χ0v) is 13.7. The molecule has 1 N–H and O–H groups in total. The first-order valence-corrected chi connectivity index (χ1v) is 7.60. The highest BCUT2D eigenvalue weighted by atomic mass is 19.1. The van der Waals surface area contributed by atoms with Crippen molar-refractivity contribution in [2.75, 3.05) is 20.8 Å². The fourth-order valence-electron chi connectivity index (χ4n) is 3.29. The molecule has 1 aromatic carbocycles. The van der Waals surface area contributed by atoms with Gasteiger partial charge in [-0.2, -0.15) is 0 Å². The molecule has 0 aromatic heterocycles. The quantitative estimate of drug-likeness (QED) is 0.856. The van der Waals surface area contributed by atoms with Gasteiger partial charge < -0.3 is 14.8 Å². The molecule has 0 saturated carbocycles. The third-order valence-corrected chi connectivity index (χ3v) is 4.37. The lowest BCUT2D eigenvalue weighted by molar-refractivity contribution is 0.271. The van der Waals surface area contributed by atoms with Crippen LogP contribution in [0.1, 0.15) is 50.8 Å². The van der Waals surface area contributed by atoms with E-state index in [9.17, 15) is 4.39 Å². The van der Waals surface area contributed by atoms with Crippen LogP contribution >= 0.6 is 0 Å². The van der Waals surface area contributed by atoms with Gasteiger partial charge in [0.2, 0.25) is 0 Å². The van der Waals surface area contributed by atoms with Crippen LogP contribution < -0.4 is 14.8 Å². The summed E-state index contributed by atoms with van der Waals surface area (Å²) in [6.07, 6.45) is 2.65. The van der Waals surface area contributed by atoms with E-state index in [-0.39, 0.29) is 17.3 Å². The topological polar surface area (TPSA) is 30.5 Å². The maximum atomic E-state index is 14.5. The van der Waals surface area contributed by atoms with Crippen LogP contribution in [-0.2, 0) is 6.42 Å². The van der Waals surface area contributed by atoms with Crippen molar-refractivity contribution in [3.8, 4) is 11.5 Å². The number of rotatable bonds is 4. The van der Waals surface area contributed by atoms with Crippen LogP contribution in [0.3, 0.4) is 0 Å². The van der Waals surface area contributed by atoms with Crippen molar-refractivity contribution in [3.63, 3.8) is 0 Å². The minimum Gasteiger partial charge on any atom is -0.493 e. The Bertz CT molecular complexity index is 514. The molecule has 1 unspecified atom stereocenters. The van der Waals surface area contributed by atoms with Gasteiger partial charge >= 0.3 is 0 Å². The summed E-state index contributed by atoms with van der Waals surface area (Å²) in [7, 11) is 3.17. The summed E-state index contributed by atoms with van der Waals surface area (Å²) in [5, 5.41) is 3.49. The summed E-state index contributed by atoms with van der Waals surface area (Å²) in [5.41, 5.74) is 1.86. The largest absolute Gasteiger partial charge is 0.493 e. The van der Waals surface area contributed by atoms with Crippen LogP contribution in [-0.4, -0.2) is 20.8 Å². The molecule has 0 amide bonds. The average Bonchev–Trinajstić information content (AvgIpc) is 2.56. The van der Waals surface area contributed by atoms with Gasteiger partial charge in [0.25, 0.3) is 0 Å². The van der Waals surface area contributed by atoms with E-state index >= 15 is 0 Å². The van der Waals surface area contributed by atoms with E-state index in [1.807, 2.05) is 0 Å². The lowest BCUT2D eigenvalue weighted by atomic mass is 9.83. The Hall–Kier alpha value is -1.29. The Morgan fingerprint density at radius 1 is 1.33 bits per heavy atom. The number of ether oxygens (including phenoxy) is 2. The highest BCUT2D eigenvalue weighted by Gasteiger charge is 2.34. The van der Waals surface area contributed by atoms with Gasteiger partial charge in [-0.3, -0.25) is 0 Å². The van der Waals surface area contributed by atoms with E-state index in [1.54, 1.807) is 14.2 Å². The maximum absolute atomic E-state index is 14.5. The van der Waals surface area contributed by atoms with Gasteiger partial charge in [-0.15, -0.1) is 0 Å². The van der Waals surface area contributed by atoms with Gasteiger partial charge in [0.1, 0.15) is 5.82 Å². The summed E-state index contributed by atoms with van der Waals surface area (Å²) in [6.45, 7) is 7.39. The number of fused-ring (bicyclic) bond motifs is 1. The molecule has 0 saturated heterocycles. The zero-order valence-electron chi connectivity index (χ0n) is 13.7. The predicted molar refractivity (Wildman–Crippen MR) is 82.6 cm³/mol. The van der Waals surface area contributed by atoms with Crippen LogP contribution in [0.5, 0.6) is 11.5 Å². The minimum absolute atomic E-state index is 0.0852. The molecule has 1 aliphatic rings. The monoisotopic (exact) mass is 295 g/mol. The van der Waals surface area contributed by atoms with Gasteiger partial charge in [-0.25, -0.2) is 4.39 Å². The second-order valence-electron chi connectivity index (χ2n) is 6.46. The Kier molecular flexibility index (Phi) is 4.77. The summed E-state index contributed by atoms with van der Waals surface area (Å²) in [6, 6.07) is 1.53. The number of benzene rings is 1. The Morgan fingerprint density at radius 3 is 2.62 bits per heavy atom. The van der Waals surface area contributed by atoms with Gasteiger partial charge in [0.05, 0.1) is 14.2 Å². The predicted octanol–water partition coefficient (Wildman–Crippen LogP) is 3.86. The lowest BCUT2D eigenvalue weighted by Crippen LogP contribution is -2.26. The molecule has 21 heavy (non-hydrogen) atoms. The first-order valence-electron chi connectivity index (χ1n) is 7.60. The van der Waals surface area contributed by atoms with Crippen LogP contribution in [0.25, 0.3) is 0 Å². The Labute approximate surface area is 126 Å². The van der Waals surface area contributed by atoms with Crippen molar-refractivity contribution in [1.82, 2.24) is 5.32 Å². The average molecular weight is 295 g/mol. The molecule has 0 aliphatic heterocycles. The fraction of sp³-hybridized carbons (Fsp3) is 0.647. The fourth-order valence-corrected chi connectivity index (χ4v) is 3.29. The van der Waals surface area contributed by atoms with E-state index in [4.69, 9.17) is 9.47 Å². The second-order valence-corrected chi connectivity index (χ2v) is 6.46. The summed E-state index contributed by atoms with van der Waals surface area (Å²) >= 11 is 0. The zero-order chi connectivity index (χ0) is 15.6. The number of hydrogen-bond acceptors (Lipinski definition) is 3. The number of methoxy groups -OCH3 is 2. The number of hydrogen-bond donors (Lipinski definition) is 1. The van der Waals surface area contributed by atoms with Crippen LogP contribution in [0.4, 0.5) is 4.39 Å². The van der Waals surface area contributed by atoms with Crippen LogP contribution in [0.2, 0.25) is 0 Å². The molecule has 0 heterocycles. The molecule has 4 heteroatoms. The third kappa shape index (κ3) is 3.15. The molecule has 1 aromatic rings. The standard InChI is InChI=1S/C17H26FNO2/c1-6-19-13-10-17(2,3)8-7-11-12(18)9-14(20-4)16(21-5)15(11)13/h9,13,19H,6-8,10H2,1-5H3.